The molecule has 0 aromatic heterocycles. The number of hydrogen-bond acceptors (Lipinski definition) is 4. The second-order valence-corrected chi connectivity index (χ2v) is 7.60. The van der Waals surface area contributed by atoms with E-state index in [0.717, 1.165) is 9.79 Å². The number of hydrogen-bond donors (Lipinski definition) is 2. The molecule has 0 saturated heterocycles. The zero-order valence-corrected chi connectivity index (χ0v) is 17.4. The summed E-state index contributed by atoms with van der Waals surface area (Å²) in [6.45, 7) is 1.38. The molecule has 0 heterocycles. The number of benzene rings is 3. The number of ether oxygens (including phenoxy) is 1. The Morgan fingerprint density at radius 3 is 2.31 bits per heavy atom. The molecule has 0 unspecified atom stereocenters. The average Bonchev–Trinajstić information content (AvgIpc) is 2.71. The normalized spacial score (nSPS) is 10.3. The maximum Gasteiger partial charge on any atom is 0.259 e. The van der Waals surface area contributed by atoms with Crippen molar-refractivity contribution in [1.82, 2.24) is 0 Å². The van der Waals surface area contributed by atoms with E-state index in [1.165, 1.54) is 26.2 Å². The van der Waals surface area contributed by atoms with Gasteiger partial charge in [0, 0.05) is 22.8 Å². The lowest BCUT2D eigenvalue weighted by Crippen LogP contribution is -2.15. The Morgan fingerprint density at radius 2 is 1.62 bits per heavy atom. The van der Waals surface area contributed by atoms with E-state index in [1.54, 1.807) is 11.8 Å². The van der Waals surface area contributed by atoms with Crippen LogP contribution in [0.25, 0.3) is 0 Å². The summed E-state index contributed by atoms with van der Waals surface area (Å²) in [4.78, 5) is 26.2. The number of halogens is 1. The average molecular weight is 427 g/mol. The van der Waals surface area contributed by atoms with Gasteiger partial charge < -0.3 is 15.4 Å². The van der Waals surface area contributed by atoms with Crippen LogP contribution in [0.15, 0.2) is 76.5 Å². The molecule has 148 valence electrons. The highest BCUT2D eigenvalue weighted by molar-refractivity contribution is 7.99. The van der Waals surface area contributed by atoms with E-state index < -0.39 is 0 Å². The first-order valence-electron chi connectivity index (χ1n) is 8.76. The van der Waals surface area contributed by atoms with Crippen molar-refractivity contribution in [2.24, 2.45) is 0 Å². The van der Waals surface area contributed by atoms with Crippen molar-refractivity contribution >= 4 is 46.6 Å². The molecule has 3 aromatic rings. The molecule has 3 aromatic carbocycles. The van der Waals surface area contributed by atoms with Crippen LogP contribution >= 0.6 is 23.4 Å². The van der Waals surface area contributed by atoms with E-state index in [9.17, 15) is 9.59 Å². The van der Waals surface area contributed by atoms with Crippen LogP contribution in [0.3, 0.4) is 0 Å². The molecule has 2 N–H and O–H groups in total. The second-order valence-electron chi connectivity index (χ2n) is 6.08. The first kappa shape index (κ1) is 20.8. The summed E-state index contributed by atoms with van der Waals surface area (Å²) in [5.74, 6) is -0.318. The van der Waals surface area contributed by atoms with Crippen molar-refractivity contribution in [2.75, 3.05) is 17.7 Å². The lowest BCUT2D eigenvalue weighted by molar-refractivity contribution is -0.114. The molecule has 0 spiro atoms. The molecular weight excluding hydrogens is 408 g/mol. The third-order valence-electron chi connectivity index (χ3n) is 3.95. The number of methoxy groups -OCH3 is 1. The lowest BCUT2D eigenvalue weighted by atomic mass is 10.1. The molecule has 0 saturated carbocycles. The molecule has 0 radical (unpaired) electrons. The van der Waals surface area contributed by atoms with Crippen LogP contribution in [0.1, 0.15) is 17.3 Å². The summed E-state index contributed by atoms with van der Waals surface area (Å²) in [5.41, 5.74) is 1.33. The van der Waals surface area contributed by atoms with E-state index in [4.69, 9.17) is 16.3 Å². The SMILES string of the molecule is COc1cc(NC(C)=O)c(Cl)cc1C(=O)Nc1ccccc1Sc1ccccc1. The van der Waals surface area contributed by atoms with Crippen molar-refractivity contribution in [3.8, 4) is 5.75 Å². The van der Waals surface area contributed by atoms with E-state index in [-0.39, 0.29) is 22.4 Å². The smallest absolute Gasteiger partial charge is 0.259 e. The number of rotatable bonds is 6. The highest BCUT2D eigenvalue weighted by Crippen LogP contribution is 2.35. The predicted octanol–water partition coefficient (Wildman–Crippen LogP) is 5.71. The van der Waals surface area contributed by atoms with Crippen molar-refractivity contribution in [3.05, 3.63) is 77.3 Å². The standard InChI is InChI=1S/C22H19ClN2O3S/c1-14(26)24-19-13-20(28-2)16(12-17(19)23)22(27)25-18-10-6-7-11-21(18)29-15-8-4-3-5-9-15/h3-13H,1-2H3,(H,24,26)(H,25,27). The third-order valence-corrected chi connectivity index (χ3v) is 5.35. The van der Waals surface area contributed by atoms with Crippen LogP contribution in [0.2, 0.25) is 5.02 Å². The minimum Gasteiger partial charge on any atom is -0.496 e. The monoisotopic (exact) mass is 426 g/mol. The van der Waals surface area contributed by atoms with E-state index >= 15 is 0 Å². The van der Waals surface area contributed by atoms with Gasteiger partial charge in [0.25, 0.3) is 5.91 Å². The fourth-order valence-corrected chi connectivity index (χ4v) is 3.78. The highest BCUT2D eigenvalue weighted by atomic mass is 35.5. The van der Waals surface area contributed by atoms with Crippen molar-refractivity contribution in [3.63, 3.8) is 0 Å². The Labute approximate surface area is 178 Å². The van der Waals surface area contributed by atoms with Gasteiger partial charge in [-0.3, -0.25) is 9.59 Å². The number of amides is 2. The van der Waals surface area contributed by atoms with Gasteiger partial charge in [-0.05, 0) is 30.3 Å². The number of anilines is 2. The molecule has 29 heavy (non-hydrogen) atoms. The molecule has 7 heteroatoms. The van der Waals surface area contributed by atoms with Gasteiger partial charge in [0.05, 0.1) is 29.1 Å². The highest BCUT2D eigenvalue weighted by Gasteiger charge is 2.18. The van der Waals surface area contributed by atoms with Gasteiger partial charge in [0.1, 0.15) is 5.75 Å². The summed E-state index contributed by atoms with van der Waals surface area (Å²) >= 11 is 7.79. The number of carbonyl (C=O) groups is 2. The Morgan fingerprint density at radius 1 is 0.931 bits per heavy atom. The number of carbonyl (C=O) groups excluding carboxylic acids is 2. The van der Waals surface area contributed by atoms with Gasteiger partial charge in [-0.25, -0.2) is 0 Å². The minimum atomic E-state index is -0.362. The number of nitrogens with one attached hydrogen (secondary N) is 2. The largest absolute Gasteiger partial charge is 0.496 e. The van der Waals surface area contributed by atoms with Crippen LogP contribution in [-0.4, -0.2) is 18.9 Å². The van der Waals surface area contributed by atoms with Crippen LogP contribution in [0, 0.1) is 0 Å². The van der Waals surface area contributed by atoms with E-state index in [0.29, 0.717) is 17.1 Å². The maximum absolute atomic E-state index is 12.9. The van der Waals surface area contributed by atoms with E-state index in [2.05, 4.69) is 10.6 Å². The molecule has 0 aliphatic heterocycles. The van der Waals surface area contributed by atoms with Gasteiger partial charge in [-0.2, -0.15) is 0 Å². The molecule has 5 nitrogen and oxygen atoms in total. The van der Waals surface area contributed by atoms with Gasteiger partial charge in [-0.15, -0.1) is 0 Å². The first-order valence-corrected chi connectivity index (χ1v) is 9.96. The van der Waals surface area contributed by atoms with Gasteiger partial charge in [0.2, 0.25) is 5.91 Å². The summed E-state index contributed by atoms with van der Waals surface area (Å²) in [5, 5.41) is 5.79. The fourth-order valence-electron chi connectivity index (χ4n) is 2.65. The van der Waals surface area contributed by atoms with Crippen LogP contribution in [0.4, 0.5) is 11.4 Å². The Hall–Kier alpha value is -2.96. The quantitative estimate of drug-likeness (QED) is 0.529. The fraction of sp³-hybridized carbons (Fsp3) is 0.0909. The van der Waals surface area contributed by atoms with Gasteiger partial charge in [0.15, 0.2) is 0 Å². The molecule has 2 amide bonds. The second kappa shape index (κ2) is 9.49. The lowest BCUT2D eigenvalue weighted by Gasteiger charge is -2.14. The molecule has 0 aliphatic rings. The van der Waals surface area contributed by atoms with Crippen LogP contribution in [-0.2, 0) is 4.79 Å². The van der Waals surface area contributed by atoms with Crippen molar-refractivity contribution < 1.29 is 14.3 Å². The summed E-state index contributed by atoms with van der Waals surface area (Å²) in [6.07, 6.45) is 0. The van der Waals surface area contributed by atoms with Crippen LogP contribution in [0.5, 0.6) is 5.75 Å². The minimum absolute atomic E-state index is 0.248. The molecule has 3 rings (SSSR count). The van der Waals surface area contributed by atoms with Crippen LogP contribution < -0.4 is 15.4 Å². The molecule has 0 fully saturated rings. The Bertz CT molecular complexity index is 1040. The first-order chi connectivity index (χ1) is 14.0. The zero-order chi connectivity index (χ0) is 20.8. The summed E-state index contributed by atoms with van der Waals surface area (Å²) in [6, 6.07) is 20.5. The molecule has 0 bridgehead atoms. The summed E-state index contributed by atoms with van der Waals surface area (Å²) in [7, 11) is 1.46. The summed E-state index contributed by atoms with van der Waals surface area (Å²) < 4.78 is 5.33. The third kappa shape index (κ3) is 5.31. The molecule has 0 aliphatic carbocycles. The van der Waals surface area contributed by atoms with Gasteiger partial charge >= 0.3 is 0 Å². The Kier molecular flexibility index (Phi) is 6.80. The topological polar surface area (TPSA) is 67.4 Å². The number of para-hydroxylation sites is 1. The predicted molar refractivity (Wildman–Crippen MR) is 117 cm³/mol. The van der Waals surface area contributed by atoms with Crippen molar-refractivity contribution in [2.45, 2.75) is 16.7 Å². The Balaban J connectivity index is 1.87. The molecule has 0 atom stereocenters. The van der Waals surface area contributed by atoms with Gasteiger partial charge in [-0.1, -0.05) is 53.7 Å². The molecular formula is C22H19ClN2O3S. The maximum atomic E-state index is 12.9. The zero-order valence-electron chi connectivity index (χ0n) is 15.9. The van der Waals surface area contributed by atoms with E-state index in [1.807, 2.05) is 54.6 Å². The van der Waals surface area contributed by atoms with Crippen molar-refractivity contribution in [1.29, 1.82) is 0 Å².